The zero-order valence-electron chi connectivity index (χ0n) is 13.3. The van der Waals surface area contributed by atoms with Gasteiger partial charge in [0.15, 0.2) is 5.82 Å². The molecule has 1 fully saturated rings. The standard InChI is InChI=1S/C14H14F5N7/c15-13(16)4-1-7(2-5-13)22-12-25-10(24-11(20)26-12)9-21-6-3-8(23-9)14(17,18)19/h3,6-7H,1-2,4-5H2,(H3,20,22,24,25,26). The highest BCUT2D eigenvalue weighted by atomic mass is 19.4. The van der Waals surface area contributed by atoms with Crippen LogP contribution in [0.4, 0.5) is 33.8 Å². The Morgan fingerprint density at radius 1 is 1.04 bits per heavy atom. The molecule has 0 aromatic carbocycles. The topological polar surface area (TPSA) is 102 Å². The molecule has 3 N–H and O–H groups in total. The van der Waals surface area contributed by atoms with Gasteiger partial charge >= 0.3 is 6.18 Å². The number of nitrogen functional groups attached to an aromatic ring is 1. The molecular formula is C14H14F5N7. The van der Waals surface area contributed by atoms with Gasteiger partial charge < -0.3 is 11.1 Å². The fourth-order valence-electron chi connectivity index (χ4n) is 2.55. The molecule has 0 atom stereocenters. The lowest BCUT2D eigenvalue weighted by Crippen LogP contribution is -2.32. The van der Waals surface area contributed by atoms with Crippen molar-refractivity contribution in [2.45, 2.75) is 43.8 Å². The van der Waals surface area contributed by atoms with Crippen LogP contribution in [-0.4, -0.2) is 36.9 Å². The molecule has 1 aliphatic carbocycles. The molecule has 0 radical (unpaired) electrons. The van der Waals surface area contributed by atoms with Gasteiger partial charge in [-0.3, -0.25) is 0 Å². The number of halogens is 5. The highest BCUT2D eigenvalue weighted by Gasteiger charge is 2.35. The lowest BCUT2D eigenvalue weighted by atomic mass is 9.92. The van der Waals surface area contributed by atoms with Gasteiger partial charge in [0.2, 0.25) is 23.6 Å². The van der Waals surface area contributed by atoms with Crippen LogP contribution in [0.2, 0.25) is 0 Å². The van der Waals surface area contributed by atoms with Gasteiger partial charge in [0.1, 0.15) is 5.69 Å². The summed E-state index contributed by atoms with van der Waals surface area (Å²) < 4.78 is 64.7. The number of aromatic nitrogens is 5. The molecule has 140 valence electrons. The third kappa shape index (κ3) is 4.29. The van der Waals surface area contributed by atoms with Crippen LogP contribution in [0.3, 0.4) is 0 Å². The van der Waals surface area contributed by atoms with E-state index < -0.39 is 17.8 Å². The van der Waals surface area contributed by atoms with Crippen LogP contribution in [0.25, 0.3) is 11.6 Å². The third-order valence-corrected chi connectivity index (χ3v) is 3.85. The van der Waals surface area contributed by atoms with E-state index in [1.165, 1.54) is 0 Å². The van der Waals surface area contributed by atoms with Gasteiger partial charge in [-0.2, -0.15) is 28.1 Å². The first-order chi connectivity index (χ1) is 12.1. The number of rotatable bonds is 3. The minimum Gasteiger partial charge on any atom is -0.368 e. The van der Waals surface area contributed by atoms with Crippen LogP contribution in [0.1, 0.15) is 31.4 Å². The van der Waals surface area contributed by atoms with Crippen LogP contribution in [0.15, 0.2) is 12.3 Å². The van der Waals surface area contributed by atoms with E-state index in [1.807, 2.05) is 0 Å². The average molecular weight is 375 g/mol. The summed E-state index contributed by atoms with van der Waals surface area (Å²) in [5.74, 6) is -3.57. The zero-order valence-corrected chi connectivity index (χ0v) is 13.3. The second-order valence-corrected chi connectivity index (χ2v) is 5.88. The van der Waals surface area contributed by atoms with E-state index in [4.69, 9.17) is 5.73 Å². The Balaban J connectivity index is 1.82. The number of anilines is 2. The lowest BCUT2D eigenvalue weighted by molar-refractivity contribution is -0.141. The van der Waals surface area contributed by atoms with Crippen LogP contribution < -0.4 is 11.1 Å². The third-order valence-electron chi connectivity index (χ3n) is 3.85. The maximum Gasteiger partial charge on any atom is 0.433 e. The van der Waals surface area contributed by atoms with E-state index in [0.29, 0.717) is 0 Å². The zero-order chi connectivity index (χ0) is 18.9. The molecule has 26 heavy (non-hydrogen) atoms. The van der Waals surface area contributed by atoms with Crippen molar-refractivity contribution >= 4 is 11.9 Å². The predicted octanol–water partition coefficient (Wildman–Crippen LogP) is 2.92. The normalized spacial score (nSPS) is 17.9. The van der Waals surface area contributed by atoms with Crippen LogP contribution in [0, 0.1) is 0 Å². The molecule has 3 rings (SSSR count). The predicted molar refractivity (Wildman–Crippen MR) is 81.1 cm³/mol. The van der Waals surface area contributed by atoms with Crippen molar-refractivity contribution in [1.29, 1.82) is 0 Å². The molecule has 2 heterocycles. The molecule has 0 saturated heterocycles. The summed E-state index contributed by atoms with van der Waals surface area (Å²) >= 11 is 0. The Kier molecular flexibility index (Phi) is 4.59. The summed E-state index contributed by atoms with van der Waals surface area (Å²) in [6.45, 7) is 0. The summed E-state index contributed by atoms with van der Waals surface area (Å²) in [7, 11) is 0. The maximum absolute atomic E-state index is 13.2. The van der Waals surface area contributed by atoms with E-state index >= 15 is 0 Å². The fourth-order valence-corrected chi connectivity index (χ4v) is 2.55. The van der Waals surface area contributed by atoms with Crippen LogP contribution in [-0.2, 0) is 6.18 Å². The van der Waals surface area contributed by atoms with Gasteiger partial charge in [-0.25, -0.2) is 18.7 Å². The van der Waals surface area contributed by atoms with Crippen LogP contribution >= 0.6 is 0 Å². The largest absolute Gasteiger partial charge is 0.433 e. The smallest absolute Gasteiger partial charge is 0.368 e. The number of hydrogen-bond donors (Lipinski definition) is 2. The first kappa shape index (κ1) is 18.1. The molecule has 7 nitrogen and oxygen atoms in total. The molecule has 1 saturated carbocycles. The van der Waals surface area contributed by atoms with E-state index in [2.05, 4.69) is 30.2 Å². The van der Waals surface area contributed by atoms with Crippen molar-refractivity contribution < 1.29 is 22.0 Å². The van der Waals surface area contributed by atoms with Gasteiger partial charge in [0.05, 0.1) is 0 Å². The van der Waals surface area contributed by atoms with Crippen molar-refractivity contribution in [1.82, 2.24) is 24.9 Å². The minimum atomic E-state index is -4.65. The van der Waals surface area contributed by atoms with E-state index in [0.717, 1.165) is 12.3 Å². The summed E-state index contributed by atoms with van der Waals surface area (Å²) in [6, 6.07) is 0.418. The second-order valence-electron chi connectivity index (χ2n) is 5.88. The van der Waals surface area contributed by atoms with Crippen LogP contribution in [0.5, 0.6) is 0 Å². The summed E-state index contributed by atoms with van der Waals surface area (Å²) in [5, 5.41) is 2.86. The quantitative estimate of drug-likeness (QED) is 0.795. The van der Waals surface area contributed by atoms with Gasteiger partial charge in [0.25, 0.3) is 0 Å². The summed E-state index contributed by atoms with van der Waals surface area (Å²) in [4.78, 5) is 18.7. The number of nitrogens with one attached hydrogen (secondary N) is 1. The molecule has 0 unspecified atom stereocenters. The van der Waals surface area contributed by atoms with Crippen molar-refractivity contribution in [2.75, 3.05) is 11.1 Å². The molecule has 0 bridgehead atoms. The minimum absolute atomic E-state index is 0.0243. The van der Waals surface area contributed by atoms with E-state index in [-0.39, 0.29) is 55.3 Å². The molecule has 2 aromatic rings. The number of nitrogens with zero attached hydrogens (tertiary/aromatic N) is 5. The second kappa shape index (κ2) is 6.57. The summed E-state index contributed by atoms with van der Waals surface area (Å²) in [5.41, 5.74) is 4.42. The first-order valence-corrected chi connectivity index (χ1v) is 7.69. The van der Waals surface area contributed by atoms with E-state index in [1.54, 1.807) is 0 Å². The Bertz CT molecular complexity index is 785. The maximum atomic E-state index is 13.2. The van der Waals surface area contributed by atoms with Gasteiger partial charge in [-0.05, 0) is 18.9 Å². The van der Waals surface area contributed by atoms with Gasteiger partial charge in [0, 0.05) is 25.1 Å². The monoisotopic (exact) mass is 375 g/mol. The Morgan fingerprint density at radius 2 is 1.73 bits per heavy atom. The number of nitrogens with two attached hydrogens (primary N) is 1. The Labute approximate surface area is 144 Å². The van der Waals surface area contributed by atoms with Crippen molar-refractivity contribution in [2.24, 2.45) is 0 Å². The molecule has 0 aliphatic heterocycles. The molecular weight excluding hydrogens is 361 g/mol. The molecule has 1 aliphatic rings. The Morgan fingerprint density at radius 3 is 2.38 bits per heavy atom. The summed E-state index contributed by atoms with van der Waals surface area (Å²) in [6.07, 6.45) is -3.85. The average Bonchev–Trinajstić information content (AvgIpc) is 2.56. The van der Waals surface area contributed by atoms with Crippen molar-refractivity contribution in [3.63, 3.8) is 0 Å². The van der Waals surface area contributed by atoms with Gasteiger partial charge in [-0.1, -0.05) is 0 Å². The number of alkyl halides is 5. The number of hydrogen-bond acceptors (Lipinski definition) is 7. The Hall–Kier alpha value is -2.66. The highest BCUT2D eigenvalue weighted by molar-refractivity contribution is 5.49. The van der Waals surface area contributed by atoms with Gasteiger partial charge in [-0.15, -0.1) is 0 Å². The fraction of sp³-hybridized carbons (Fsp3) is 0.500. The highest BCUT2D eigenvalue weighted by Crippen LogP contribution is 2.34. The molecule has 2 aromatic heterocycles. The van der Waals surface area contributed by atoms with Crippen molar-refractivity contribution in [3.8, 4) is 11.6 Å². The molecule has 12 heteroatoms. The SMILES string of the molecule is Nc1nc(NC2CCC(F)(F)CC2)nc(-c2nccc(C(F)(F)F)n2)n1. The lowest BCUT2D eigenvalue weighted by Gasteiger charge is -2.28. The molecule has 0 spiro atoms. The van der Waals surface area contributed by atoms with E-state index in [9.17, 15) is 22.0 Å². The molecule has 0 amide bonds. The van der Waals surface area contributed by atoms with Crippen molar-refractivity contribution in [3.05, 3.63) is 18.0 Å². The first-order valence-electron chi connectivity index (χ1n) is 7.69.